The SMILES string of the molecule is CCOC(=O)c1cc(OCC)nn1-c1ncccc1Cl. The molecule has 7 heteroatoms. The van der Waals surface area contributed by atoms with Gasteiger partial charge in [0.2, 0.25) is 5.88 Å². The van der Waals surface area contributed by atoms with E-state index in [1.54, 1.807) is 25.3 Å². The number of carbonyl (C=O) groups excluding carboxylic acids is 1. The highest BCUT2D eigenvalue weighted by Crippen LogP contribution is 2.22. The molecule has 6 nitrogen and oxygen atoms in total. The lowest BCUT2D eigenvalue weighted by molar-refractivity contribution is 0.0515. The summed E-state index contributed by atoms with van der Waals surface area (Å²) in [7, 11) is 0. The lowest BCUT2D eigenvalue weighted by Gasteiger charge is -2.06. The van der Waals surface area contributed by atoms with E-state index in [-0.39, 0.29) is 12.3 Å². The summed E-state index contributed by atoms with van der Waals surface area (Å²) in [5.41, 5.74) is 0.218. The summed E-state index contributed by atoms with van der Waals surface area (Å²) in [6.45, 7) is 4.27. The van der Waals surface area contributed by atoms with Crippen LogP contribution in [0.15, 0.2) is 24.4 Å². The summed E-state index contributed by atoms with van der Waals surface area (Å²) in [5, 5.41) is 4.56. The van der Waals surface area contributed by atoms with Gasteiger partial charge in [-0.2, -0.15) is 0 Å². The molecule has 0 spiro atoms. The molecule has 106 valence electrons. The minimum Gasteiger partial charge on any atom is -0.477 e. The second-order valence-electron chi connectivity index (χ2n) is 3.74. The van der Waals surface area contributed by atoms with Gasteiger partial charge >= 0.3 is 5.97 Å². The van der Waals surface area contributed by atoms with Crippen molar-refractivity contribution in [3.63, 3.8) is 0 Å². The first kappa shape index (κ1) is 14.3. The van der Waals surface area contributed by atoms with E-state index in [1.807, 2.05) is 6.92 Å². The van der Waals surface area contributed by atoms with Crippen LogP contribution in [0.3, 0.4) is 0 Å². The van der Waals surface area contributed by atoms with E-state index >= 15 is 0 Å². The van der Waals surface area contributed by atoms with Crippen molar-refractivity contribution in [1.82, 2.24) is 14.8 Å². The van der Waals surface area contributed by atoms with Crippen molar-refractivity contribution in [3.8, 4) is 11.7 Å². The van der Waals surface area contributed by atoms with Crippen LogP contribution >= 0.6 is 11.6 Å². The van der Waals surface area contributed by atoms with E-state index in [1.165, 1.54) is 10.7 Å². The zero-order valence-corrected chi connectivity index (χ0v) is 11.9. The van der Waals surface area contributed by atoms with Gasteiger partial charge in [-0.05, 0) is 26.0 Å². The van der Waals surface area contributed by atoms with Crippen LogP contribution < -0.4 is 4.74 Å². The van der Waals surface area contributed by atoms with E-state index in [0.29, 0.717) is 23.3 Å². The zero-order valence-electron chi connectivity index (χ0n) is 11.2. The van der Waals surface area contributed by atoms with Gasteiger partial charge in [0.1, 0.15) is 0 Å². The molecule has 0 aromatic carbocycles. The third-order valence-electron chi connectivity index (χ3n) is 2.40. The maximum absolute atomic E-state index is 12.0. The molecule has 2 heterocycles. The molecule has 0 unspecified atom stereocenters. The van der Waals surface area contributed by atoms with E-state index in [2.05, 4.69) is 10.1 Å². The molecule has 0 aliphatic heterocycles. The molecule has 0 atom stereocenters. The minimum absolute atomic E-state index is 0.218. The Morgan fingerprint density at radius 2 is 2.20 bits per heavy atom. The van der Waals surface area contributed by atoms with Crippen molar-refractivity contribution >= 4 is 17.6 Å². The second-order valence-corrected chi connectivity index (χ2v) is 4.15. The van der Waals surface area contributed by atoms with E-state index < -0.39 is 5.97 Å². The van der Waals surface area contributed by atoms with Crippen LogP contribution in [0.25, 0.3) is 5.82 Å². The average Bonchev–Trinajstić information content (AvgIpc) is 2.84. The Hall–Kier alpha value is -2.08. The van der Waals surface area contributed by atoms with Gasteiger partial charge in [-0.25, -0.2) is 14.5 Å². The van der Waals surface area contributed by atoms with Gasteiger partial charge in [-0.3, -0.25) is 0 Å². The molecule has 2 rings (SSSR count). The van der Waals surface area contributed by atoms with Crippen LogP contribution in [0.2, 0.25) is 5.02 Å². The van der Waals surface area contributed by atoms with Gasteiger partial charge in [0, 0.05) is 12.3 Å². The lowest BCUT2D eigenvalue weighted by Crippen LogP contribution is -2.13. The van der Waals surface area contributed by atoms with Crippen molar-refractivity contribution in [2.24, 2.45) is 0 Å². The summed E-state index contributed by atoms with van der Waals surface area (Å²) in [6, 6.07) is 4.87. The fourth-order valence-corrected chi connectivity index (χ4v) is 1.82. The Balaban J connectivity index is 2.50. The normalized spacial score (nSPS) is 10.3. The smallest absolute Gasteiger partial charge is 0.357 e. The molecule has 20 heavy (non-hydrogen) atoms. The highest BCUT2D eigenvalue weighted by molar-refractivity contribution is 6.32. The van der Waals surface area contributed by atoms with Gasteiger partial charge in [0.05, 0.1) is 18.2 Å². The molecule has 2 aromatic heterocycles. The summed E-state index contributed by atoms with van der Waals surface area (Å²) in [5.74, 6) is 0.160. The molecule has 0 bridgehead atoms. The standard InChI is InChI=1S/C13H14ClN3O3/c1-3-19-11-8-10(13(18)20-4-2)17(16-11)12-9(14)6-5-7-15-12/h5-8H,3-4H2,1-2H3. The molecule has 2 aromatic rings. The number of pyridine rings is 1. The largest absolute Gasteiger partial charge is 0.477 e. The van der Waals surface area contributed by atoms with Gasteiger partial charge in [0.25, 0.3) is 0 Å². The van der Waals surface area contributed by atoms with Crippen LogP contribution in [0, 0.1) is 0 Å². The molecule has 0 amide bonds. The van der Waals surface area contributed by atoms with E-state index in [4.69, 9.17) is 21.1 Å². The van der Waals surface area contributed by atoms with Crippen molar-refractivity contribution in [2.45, 2.75) is 13.8 Å². The number of esters is 1. The number of ether oxygens (including phenoxy) is 2. The van der Waals surface area contributed by atoms with E-state index in [0.717, 1.165) is 0 Å². The summed E-state index contributed by atoms with van der Waals surface area (Å²) >= 11 is 6.08. The molecule has 0 fully saturated rings. The van der Waals surface area contributed by atoms with Gasteiger partial charge in [-0.15, -0.1) is 5.10 Å². The van der Waals surface area contributed by atoms with Gasteiger partial charge in [-0.1, -0.05) is 11.6 Å². The molecule has 0 N–H and O–H groups in total. The zero-order chi connectivity index (χ0) is 14.5. The first-order chi connectivity index (χ1) is 9.67. The Morgan fingerprint density at radius 3 is 2.85 bits per heavy atom. The molecular weight excluding hydrogens is 282 g/mol. The van der Waals surface area contributed by atoms with Crippen LogP contribution in [-0.4, -0.2) is 33.9 Å². The summed E-state index contributed by atoms with van der Waals surface area (Å²) in [4.78, 5) is 16.1. The van der Waals surface area contributed by atoms with Crippen LogP contribution in [0.4, 0.5) is 0 Å². The number of hydrogen-bond donors (Lipinski definition) is 0. The third-order valence-corrected chi connectivity index (χ3v) is 2.70. The Morgan fingerprint density at radius 1 is 1.40 bits per heavy atom. The number of rotatable bonds is 5. The summed E-state index contributed by atoms with van der Waals surface area (Å²) < 4.78 is 11.6. The topological polar surface area (TPSA) is 66.2 Å². The van der Waals surface area contributed by atoms with Crippen LogP contribution in [0.1, 0.15) is 24.3 Å². The maximum atomic E-state index is 12.0. The molecule has 0 saturated heterocycles. The monoisotopic (exact) mass is 295 g/mol. The highest BCUT2D eigenvalue weighted by Gasteiger charge is 2.20. The van der Waals surface area contributed by atoms with Crippen molar-refractivity contribution in [3.05, 3.63) is 35.1 Å². The maximum Gasteiger partial charge on any atom is 0.357 e. The number of aromatic nitrogens is 3. The predicted octanol–water partition coefficient (Wildman–Crippen LogP) is 2.50. The quantitative estimate of drug-likeness (QED) is 0.793. The molecule has 0 aliphatic rings. The Labute approximate surface area is 121 Å². The average molecular weight is 296 g/mol. The fourth-order valence-electron chi connectivity index (χ4n) is 1.62. The van der Waals surface area contributed by atoms with Crippen LogP contribution in [0.5, 0.6) is 5.88 Å². The summed E-state index contributed by atoms with van der Waals surface area (Å²) in [6.07, 6.45) is 1.57. The van der Waals surface area contributed by atoms with Gasteiger partial charge in [0.15, 0.2) is 11.5 Å². The predicted molar refractivity (Wildman–Crippen MR) is 73.5 cm³/mol. The van der Waals surface area contributed by atoms with Crippen molar-refractivity contribution in [2.75, 3.05) is 13.2 Å². The minimum atomic E-state index is -0.507. The first-order valence-corrected chi connectivity index (χ1v) is 6.56. The van der Waals surface area contributed by atoms with Gasteiger partial charge < -0.3 is 9.47 Å². The molecular formula is C13H14ClN3O3. The van der Waals surface area contributed by atoms with Crippen molar-refractivity contribution < 1.29 is 14.3 Å². The number of halogens is 1. The van der Waals surface area contributed by atoms with Crippen LogP contribution in [-0.2, 0) is 4.74 Å². The fraction of sp³-hybridized carbons (Fsp3) is 0.308. The van der Waals surface area contributed by atoms with Crippen molar-refractivity contribution in [1.29, 1.82) is 0 Å². The number of carbonyl (C=O) groups is 1. The Kier molecular flexibility index (Phi) is 4.57. The first-order valence-electron chi connectivity index (χ1n) is 6.18. The third kappa shape index (κ3) is 2.91. The Bertz CT molecular complexity index is 613. The molecule has 0 radical (unpaired) electrons. The molecule has 0 saturated carbocycles. The second kappa shape index (κ2) is 6.38. The van der Waals surface area contributed by atoms with E-state index in [9.17, 15) is 4.79 Å². The number of hydrogen-bond acceptors (Lipinski definition) is 5. The highest BCUT2D eigenvalue weighted by atomic mass is 35.5. The molecule has 0 aliphatic carbocycles. The number of nitrogens with zero attached hydrogens (tertiary/aromatic N) is 3. The lowest BCUT2D eigenvalue weighted by atomic mass is 10.4.